The summed E-state index contributed by atoms with van der Waals surface area (Å²) in [6.07, 6.45) is -4.56. The molecule has 0 atom stereocenters. The Morgan fingerprint density at radius 2 is 2.00 bits per heavy atom. The van der Waals surface area contributed by atoms with Gasteiger partial charge in [-0.3, -0.25) is 9.59 Å². The maximum atomic E-state index is 11.8. The average Bonchev–Trinajstić information content (AvgIpc) is 2.10. The highest BCUT2D eigenvalue weighted by Crippen LogP contribution is 2.15. The molecule has 0 saturated heterocycles. The summed E-state index contributed by atoms with van der Waals surface area (Å²) in [5.41, 5.74) is 0. The van der Waals surface area contributed by atoms with E-state index in [1.807, 2.05) is 5.32 Å². The van der Waals surface area contributed by atoms with Gasteiger partial charge in [-0.25, -0.2) is 0 Å². The molecule has 0 aromatic rings. The molecule has 84 valence electrons. The second kappa shape index (κ2) is 5.19. The van der Waals surface area contributed by atoms with Gasteiger partial charge >= 0.3 is 18.0 Å². The van der Waals surface area contributed by atoms with Crippen LogP contribution in [0.2, 0.25) is 0 Å². The van der Waals surface area contributed by atoms with Gasteiger partial charge in [-0.2, -0.15) is 18.4 Å². The second-order valence-corrected chi connectivity index (χ2v) is 2.62. The minimum Gasteiger partial charge on any atom is -0.335 e. The van der Waals surface area contributed by atoms with Crippen molar-refractivity contribution in [2.45, 2.75) is 6.18 Å². The van der Waals surface area contributed by atoms with Gasteiger partial charge < -0.3 is 10.2 Å². The van der Waals surface area contributed by atoms with E-state index in [1.54, 1.807) is 0 Å². The Balaban J connectivity index is 4.21. The van der Waals surface area contributed by atoms with Crippen LogP contribution in [-0.2, 0) is 9.59 Å². The third-order valence-corrected chi connectivity index (χ3v) is 1.29. The SMILES string of the molecule is CN(CC(F)(F)F)C(=O)C(=O)NCC#N. The van der Waals surface area contributed by atoms with Crippen molar-refractivity contribution in [2.24, 2.45) is 0 Å². The van der Waals surface area contributed by atoms with E-state index in [2.05, 4.69) is 0 Å². The lowest BCUT2D eigenvalue weighted by Gasteiger charge is -2.17. The van der Waals surface area contributed by atoms with Gasteiger partial charge in [0.2, 0.25) is 0 Å². The van der Waals surface area contributed by atoms with Crippen LogP contribution in [0.25, 0.3) is 0 Å². The number of nitrogens with zero attached hydrogens (tertiary/aromatic N) is 2. The molecule has 8 heteroatoms. The molecule has 0 unspecified atom stereocenters. The minimum absolute atomic E-state index is 0.229. The maximum absolute atomic E-state index is 11.8. The van der Waals surface area contributed by atoms with E-state index in [9.17, 15) is 22.8 Å². The highest BCUT2D eigenvalue weighted by molar-refractivity contribution is 6.34. The first kappa shape index (κ1) is 13.2. The van der Waals surface area contributed by atoms with Gasteiger partial charge in [0.05, 0.1) is 6.07 Å². The predicted octanol–water partition coefficient (Wildman–Crippen LogP) is -0.353. The number of hydrogen-bond acceptors (Lipinski definition) is 3. The molecule has 0 spiro atoms. The van der Waals surface area contributed by atoms with E-state index in [0.717, 1.165) is 7.05 Å². The molecule has 0 radical (unpaired) electrons. The number of nitriles is 1. The summed E-state index contributed by atoms with van der Waals surface area (Å²) in [6.45, 7) is -1.93. The number of rotatable bonds is 2. The number of nitrogens with one attached hydrogen (secondary N) is 1. The molecule has 0 aromatic carbocycles. The van der Waals surface area contributed by atoms with Gasteiger partial charge in [-0.1, -0.05) is 0 Å². The van der Waals surface area contributed by atoms with E-state index in [-0.39, 0.29) is 4.90 Å². The number of carbonyl (C=O) groups excluding carboxylic acids is 2. The van der Waals surface area contributed by atoms with Crippen LogP contribution in [0, 0.1) is 11.3 Å². The zero-order valence-corrected chi connectivity index (χ0v) is 7.76. The largest absolute Gasteiger partial charge is 0.406 e. The Kier molecular flexibility index (Phi) is 4.57. The Labute approximate surface area is 83.5 Å². The summed E-state index contributed by atoms with van der Waals surface area (Å²) in [7, 11) is 0.849. The molecule has 5 nitrogen and oxygen atoms in total. The van der Waals surface area contributed by atoms with Crippen LogP contribution in [0.15, 0.2) is 0 Å². The number of hydrogen-bond donors (Lipinski definition) is 1. The van der Waals surface area contributed by atoms with Crippen LogP contribution >= 0.6 is 0 Å². The van der Waals surface area contributed by atoms with Gasteiger partial charge in [-0.05, 0) is 0 Å². The third kappa shape index (κ3) is 5.51. The molecule has 1 N–H and O–H groups in total. The lowest BCUT2D eigenvalue weighted by molar-refractivity contribution is -0.162. The van der Waals surface area contributed by atoms with Crippen molar-refractivity contribution >= 4 is 11.8 Å². The first-order valence-corrected chi connectivity index (χ1v) is 3.75. The summed E-state index contributed by atoms with van der Waals surface area (Å²) in [4.78, 5) is 22.0. The van der Waals surface area contributed by atoms with Crippen molar-refractivity contribution in [3.63, 3.8) is 0 Å². The molecule has 2 amide bonds. The fraction of sp³-hybridized carbons (Fsp3) is 0.571. The van der Waals surface area contributed by atoms with Crippen LogP contribution in [0.5, 0.6) is 0 Å². The monoisotopic (exact) mass is 223 g/mol. The molecule has 0 aromatic heterocycles. The van der Waals surface area contributed by atoms with Crippen LogP contribution in [0.1, 0.15) is 0 Å². The van der Waals surface area contributed by atoms with Gasteiger partial charge in [-0.15, -0.1) is 0 Å². The molecule has 0 aliphatic heterocycles. The number of halogens is 3. The number of likely N-dealkylation sites (N-methyl/N-ethyl adjacent to an activating group) is 1. The predicted molar refractivity (Wildman–Crippen MR) is 42.3 cm³/mol. The topological polar surface area (TPSA) is 73.2 Å². The van der Waals surface area contributed by atoms with Crippen LogP contribution in [-0.4, -0.2) is 43.0 Å². The lowest BCUT2D eigenvalue weighted by atomic mass is 10.4. The van der Waals surface area contributed by atoms with E-state index < -0.39 is 31.1 Å². The van der Waals surface area contributed by atoms with Gasteiger partial charge in [0, 0.05) is 7.05 Å². The molecular weight excluding hydrogens is 215 g/mol. The Hall–Kier alpha value is -1.78. The Morgan fingerprint density at radius 3 is 2.40 bits per heavy atom. The van der Waals surface area contributed by atoms with Crippen molar-refractivity contribution in [3.05, 3.63) is 0 Å². The maximum Gasteiger partial charge on any atom is 0.406 e. The standard InChI is InChI=1S/C7H8F3N3O2/c1-13(4-7(8,9)10)6(15)5(14)12-3-2-11/h3-4H2,1H3,(H,12,14). The second-order valence-electron chi connectivity index (χ2n) is 2.62. The van der Waals surface area contributed by atoms with E-state index in [0.29, 0.717) is 0 Å². The first-order valence-electron chi connectivity index (χ1n) is 3.75. The summed E-state index contributed by atoms with van der Waals surface area (Å²) < 4.78 is 35.4. The summed E-state index contributed by atoms with van der Waals surface area (Å²) >= 11 is 0. The van der Waals surface area contributed by atoms with E-state index in [4.69, 9.17) is 5.26 Å². The number of carbonyl (C=O) groups is 2. The van der Waals surface area contributed by atoms with Crippen molar-refractivity contribution in [3.8, 4) is 6.07 Å². The smallest absolute Gasteiger partial charge is 0.335 e. The van der Waals surface area contributed by atoms with Crippen molar-refractivity contribution in [1.82, 2.24) is 10.2 Å². The average molecular weight is 223 g/mol. The summed E-state index contributed by atoms with van der Waals surface area (Å²) in [6, 6.07) is 1.52. The molecular formula is C7H8F3N3O2. The zero-order valence-electron chi connectivity index (χ0n) is 7.76. The Morgan fingerprint density at radius 1 is 1.47 bits per heavy atom. The molecule has 0 saturated carbocycles. The van der Waals surface area contributed by atoms with Gasteiger partial charge in [0.15, 0.2) is 0 Å². The summed E-state index contributed by atoms with van der Waals surface area (Å²) in [5.74, 6) is -2.56. The highest BCUT2D eigenvalue weighted by atomic mass is 19.4. The molecule has 0 bridgehead atoms. The van der Waals surface area contributed by atoms with Crippen LogP contribution < -0.4 is 5.32 Å². The molecule has 15 heavy (non-hydrogen) atoms. The number of alkyl halides is 3. The fourth-order valence-electron chi connectivity index (χ4n) is 0.709. The quantitative estimate of drug-likeness (QED) is 0.513. The van der Waals surface area contributed by atoms with Crippen molar-refractivity contribution in [1.29, 1.82) is 5.26 Å². The van der Waals surface area contributed by atoms with E-state index in [1.165, 1.54) is 6.07 Å². The van der Waals surface area contributed by atoms with Crippen molar-refractivity contribution in [2.75, 3.05) is 20.1 Å². The molecule has 0 rings (SSSR count). The Bertz CT molecular complexity index is 295. The highest BCUT2D eigenvalue weighted by Gasteiger charge is 2.32. The third-order valence-electron chi connectivity index (χ3n) is 1.29. The van der Waals surface area contributed by atoms with Crippen molar-refractivity contribution < 1.29 is 22.8 Å². The lowest BCUT2D eigenvalue weighted by Crippen LogP contribution is -2.44. The van der Waals surface area contributed by atoms with Gasteiger partial charge in [0.1, 0.15) is 13.1 Å². The number of amides is 2. The van der Waals surface area contributed by atoms with E-state index >= 15 is 0 Å². The summed E-state index contributed by atoms with van der Waals surface area (Å²) in [5, 5.41) is 9.89. The molecule has 0 aliphatic rings. The molecule has 0 heterocycles. The molecule has 0 fully saturated rings. The molecule has 0 aliphatic carbocycles. The fourth-order valence-corrected chi connectivity index (χ4v) is 0.709. The van der Waals surface area contributed by atoms with Crippen LogP contribution in [0.3, 0.4) is 0 Å². The van der Waals surface area contributed by atoms with Crippen LogP contribution in [0.4, 0.5) is 13.2 Å². The zero-order chi connectivity index (χ0) is 12.1. The normalized spacial score (nSPS) is 10.3. The first-order chi connectivity index (χ1) is 6.78. The minimum atomic E-state index is -4.56. The van der Waals surface area contributed by atoms with Gasteiger partial charge in [0.25, 0.3) is 0 Å².